The van der Waals surface area contributed by atoms with Gasteiger partial charge >= 0.3 is 0 Å². The molecular weight excluding hydrogens is 452 g/mol. The average molecular weight is 481 g/mol. The summed E-state index contributed by atoms with van der Waals surface area (Å²) in [5.74, 6) is -0.169. The number of nitrogen functional groups attached to an aromatic ring is 1. The van der Waals surface area contributed by atoms with E-state index < -0.39 is 0 Å². The zero-order chi connectivity index (χ0) is 25.1. The fourth-order valence-electron chi connectivity index (χ4n) is 4.63. The molecule has 0 spiro atoms. The minimum absolute atomic E-state index is 0.0238. The SMILES string of the molecule is Cn1cc(-c2cnc(N)c(C(=O)NC[C@@H]3CCCN3C(=O)c3cccc(-c4ccccc4)c3)c2)cn1. The largest absolute Gasteiger partial charge is 0.383 e. The van der Waals surface area contributed by atoms with Gasteiger partial charge in [0.25, 0.3) is 11.8 Å². The molecule has 3 N–H and O–H groups in total. The Morgan fingerprint density at radius 1 is 1.00 bits per heavy atom. The number of nitrogens with zero attached hydrogens (tertiary/aromatic N) is 4. The van der Waals surface area contributed by atoms with Crippen LogP contribution < -0.4 is 11.1 Å². The lowest BCUT2D eigenvalue weighted by Crippen LogP contribution is -2.43. The van der Waals surface area contributed by atoms with Gasteiger partial charge in [0.2, 0.25) is 0 Å². The van der Waals surface area contributed by atoms with Crippen LogP contribution in [-0.4, -0.2) is 50.6 Å². The van der Waals surface area contributed by atoms with Crippen molar-refractivity contribution in [1.29, 1.82) is 0 Å². The Morgan fingerprint density at radius 3 is 2.58 bits per heavy atom. The van der Waals surface area contributed by atoms with Crippen molar-refractivity contribution in [3.05, 3.63) is 90.4 Å². The molecule has 1 aliphatic rings. The fourth-order valence-corrected chi connectivity index (χ4v) is 4.63. The zero-order valence-electron chi connectivity index (χ0n) is 20.1. The molecular formula is C28H28N6O2. The van der Waals surface area contributed by atoms with E-state index >= 15 is 0 Å². The first kappa shape index (κ1) is 23.3. The van der Waals surface area contributed by atoms with E-state index in [-0.39, 0.29) is 23.7 Å². The first-order valence-corrected chi connectivity index (χ1v) is 12.0. The van der Waals surface area contributed by atoms with Crippen LogP contribution in [0.5, 0.6) is 0 Å². The fraction of sp³-hybridized carbons (Fsp3) is 0.214. The third-order valence-corrected chi connectivity index (χ3v) is 6.55. The number of nitrogens with one attached hydrogen (secondary N) is 1. The second-order valence-electron chi connectivity index (χ2n) is 9.01. The van der Waals surface area contributed by atoms with Crippen LogP contribution in [-0.2, 0) is 7.05 Å². The molecule has 5 rings (SSSR count). The minimum Gasteiger partial charge on any atom is -0.383 e. The molecule has 0 unspecified atom stereocenters. The Balaban J connectivity index is 1.28. The molecule has 0 saturated carbocycles. The van der Waals surface area contributed by atoms with Gasteiger partial charge in [-0.15, -0.1) is 0 Å². The Morgan fingerprint density at radius 2 is 1.81 bits per heavy atom. The smallest absolute Gasteiger partial charge is 0.255 e. The molecule has 1 saturated heterocycles. The molecule has 182 valence electrons. The van der Waals surface area contributed by atoms with Crippen LogP contribution in [0.1, 0.15) is 33.6 Å². The molecule has 1 atom stereocenters. The lowest BCUT2D eigenvalue weighted by Gasteiger charge is -2.25. The molecule has 36 heavy (non-hydrogen) atoms. The maximum Gasteiger partial charge on any atom is 0.255 e. The molecule has 1 aliphatic heterocycles. The summed E-state index contributed by atoms with van der Waals surface area (Å²) in [5, 5.41) is 7.14. The van der Waals surface area contributed by atoms with Crippen LogP contribution >= 0.6 is 0 Å². The van der Waals surface area contributed by atoms with E-state index in [1.54, 1.807) is 23.1 Å². The van der Waals surface area contributed by atoms with Gasteiger partial charge in [0.15, 0.2) is 0 Å². The number of carbonyl (C=O) groups excluding carboxylic acids is 2. The van der Waals surface area contributed by atoms with E-state index in [9.17, 15) is 9.59 Å². The number of anilines is 1. The molecule has 8 nitrogen and oxygen atoms in total. The lowest BCUT2D eigenvalue weighted by atomic mass is 10.0. The Labute approximate surface area is 209 Å². The van der Waals surface area contributed by atoms with E-state index in [4.69, 9.17) is 5.73 Å². The van der Waals surface area contributed by atoms with Crippen LogP contribution in [0.4, 0.5) is 5.82 Å². The van der Waals surface area contributed by atoms with Crippen molar-refractivity contribution >= 4 is 17.6 Å². The number of aryl methyl sites for hydroxylation is 1. The highest BCUT2D eigenvalue weighted by molar-refractivity contribution is 5.99. The van der Waals surface area contributed by atoms with Gasteiger partial charge in [-0.25, -0.2) is 4.98 Å². The molecule has 0 aliphatic carbocycles. The van der Waals surface area contributed by atoms with Crippen molar-refractivity contribution in [3.63, 3.8) is 0 Å². The van der Waals surface area contributed by atoms with E-state index in [1.165, 1.54) is 0 Å². The monoisotopic (exact) mass is 480 g/mol. The second-order valence-corrected chi connectivity index (χ2v) is 9.01. The van der Waals surface area contributed by atoms with Gasteiger partial charge in [0, 0.05) is 55.3 Å². The molecule has 3 heterocycles. The van der Waals surface area contributed by atoms with Crippen LogP contribution in [0.3, 0.4) is 0 Å². The summed E-state index contributed by atoms with van der Waals surface area (Å²) in [6.45, 7) is 1.01. The molecule has 8 heteroatoms. The number of carbonyl (C=O) groups is 2. The quantitative estimate of drug-likeness (QED) is 0.437. The summed E-state index contributed by atoms with van der Waals surface area (Å²) in [4.78, 5) is 32.4. The molecule has 2 aromatic carbocycles. The van der Waals surface area contributed by atoms with Gasteiger partial charge in [-0.05, 0) is 42.2 Å². The average Bonchev–Trinajstić information content (AvgIpc) is 3.57. The summed E-state index contributed by atoms with van der Waals surface area (Å²) in [6.07, 6.45) is 6.91. The van der Waals surface area contributed by atoms with E-state index in [0.717, 1.165) is 35.1 Å². The Bertz CT molecular complexity index is 1400. The first-order valence-electron chi connectivity index (χ1n) is 12.0. The molecule has 4 aromatic rings. The highest BCUT2D eigenvalue weighted by Gasteiger charge is 2.30. The predicted molar refractivity (Wildman–Crippen MR) is 139 cm³/mol. The Kier molecular flexibility index (Phi) is 6.49. The number of pyridine rings is 1. The van der Waals surface area contributed by atoms with Gasteiger partial charge in [0.1, 0.15) is 5.82 Å². The summed E-state index contributed by atoms with van der Waals surface area (Å²) in [5.41, 5.74) is 10.6. The number of hydrogen-bond acceptors (Lipinski definition) is 5. The maximum absolute atomic E-state index is 13.4. The first-order chi connectivity index (χ1) is 17.5. The van der Waals surface area contributed by atoms with Gasteiger partial charge < -0.3 is 16.0 Å². The molecule has 0 bridgehead atoms. The van der Waals surface area contributed by atoms with Crippen LogP contribution in [0.25, 0.3) is 22.3 Å². The van der Waals surface area contributed by atoms with Crippen LogP contribution in [0, 0.1) is 0 Å². The van der Waals surface area contributed by atoms with Gasteiger partial charge in [-0.3, -0.25) is 14.3 Å². The molecule has 1 fully saturated rings. The van der Waals surface area contributed by atoms with Crippen molar-refractivity contribution in [2.24, 2.45) is 7.05 Å². The molecule has 2 amide bonds. The summed E-state index contributed by atoms with van der Waals surface area (Å²) < 4.78 is 1.69. The zero-order valence-corrected chi connectivity index (χ0v) is 20.1. The Hall–Kier alpha value is -4.46. The van der Waals surface area contributed by atoms with E-state index in [2.05, 4.69) is 15.4 Å². The van der Waals surface area contributed by atoms with E-state index in [0.29, 0.717) is 24.2 Å². The number of aromatic nitrogens is 3. The summed E-state index contributed by atoms with van der Waals surface area (Å²) >= 11 is 0. The van der Waals surface area contributed by atoms with Gasteiger partial charge in [-0.2, -0.15) is 5.10 Å². The standard InChI is InChI=1S/C28H28N6O2/c1-33-18-23(16-32-33)22-14-25(26(29)30-15-22)27(35)31-17-24-11-6-12-34(24)28(36)21-10-5-9-20(13-21)19-7-3-2-4-8-19/h2-5,7-10,13-16,18,24H,6,11-12,17H2,1H3,(H2,29,30)(H,31,35)/t24-/m0/s1. The third-order valence-electron chi connectivity index (χ3n) is 6.55. The van der Waals surface area contributed by atoms with E-state index in [1.807, 2.05) is 72.7 Å². The molecule has 0 radical (unpaired) electrons. The van der Waals surface area contributed by atoms with Gasteiger partial charge in [0.05, 0.1) is 11.8 Å². The van der Waals surface area contributed by atoms with Crippen LogP contribution in [0.15, 0.2) is 79.3 Å². The minimum atomic E-state index is -0.309. The number of amides is 2. The number of hydrogen-bond donors (Lipinski definition) is 2. The van der Waals surface area contributed by atoms with Crippen molar-refractivity contribution < 1.29 is 9.59 Å². The summed E-state index contributed by atoms with van der Waals surface area (Å²) in [7, 11) is 1.83. The summed E-state index contributed by atoms with van der Waals surface area (Å²) in [6, 6.07) is 19.3. The number of benzene rings is 2. The number of rotatable bonds is 6. The highest BCUT2D eigenvalue weighted by Crippen LogP contribution is 2.25. The van der Waals surface area contributed by atoms with Crippen molar-refractivity contribution in [2.45, 2.75) is 18.9 Å². The normalized spacial score (nSPS) is 15.1. The number of nitrogens with two attached hydrogens (primary N) is 1. The predicted octanol–water partition coefficient (Wildman–Crippen LogP) is 3.77. The van der Waals surface area contributed by atoms with Crippen molar-refractivity contribution in [3.8, 4) is 22.3 Å². The maximum atomic E-state index is 13.4. The second kappa shape index (κ2) is 10.0. The van der Waals surface area contributed by atoms with Crippen molar-refractivity contribution in [1.82, 2.24) is 25.0 Å². The highest BCUT2D eigenvalue weighted by atomic mass is 16.2. The van der Waals surface area contributed by atoms with Crippen molar-refractivity contribution in [2.75, 3.05) is 18.8 Å². The number of likely N-dealkylation sites (tertiary alicyclic amines) is 1. The third kappa shape index (κ3) is 4.84. The lowest BCUT2D eigenvalue weighted by molar-refractivity contribution is 0.0725. The molecule has 2 aromatic heterocycles. The topological polar surface area (TPSA) is 106 Å². The van der Waals surface area contributed by atoms with Gasteiger partial charge in [-0.1, -0.05) is 42.5 Å². The van der Waals surface area contributed by atoms with Crippen LogP contribution in [0.2, 0.25) is 0 Å².